The second kappa shape index (κ2) is 19.2. The second-order valence-corrected chi connectivity index (χ2v) is 13.8. The quantitative estimate of drug-likeness (QED) is 0.0630. The van der Waals surface area contributed by atoms with E-state index in [0.29, 0.717) is 28.5 Å². The molecule has 0 aliphatic heterocycles. The van der Waals surface area contributed by atoms with Crippen molar-refractivity contribution in [3.8, 4) is 11.4 Å². The number of ether oxygens (including phenoxy) is 1. The summed E-state index contributed by atoms with van der Waals surface area (Å²) in [6, 6.07) is 15.8. The third-order valence-electron chi connectivity index (χ3n) is 7.59. The van der Waals surface area contributed by atoms with E-state index in [-0.39, 0.29) is 37.9 Å². The smallest absolute Gasteiger partial charge is 0.400 e. The molecular formula is C35H38Cl5N5O4. The standard InChI is InChI=1S/C35H38Cl5N5O4/c1-2-3-4-5-6-7-8-9-12-24(37)21-41-33(46)22-11-10-13-27(18-22)42-32-31(49-35(48)43-26-16-14-23(36)15-17-26)34(47)45(44-32)30-28(39)19-25(38)20-29(30)40/h10-11,13-20,24,42,44H,2-9,12,21H2,1H3,(H,41,46)(H,43,48). The van der Waals surface area contributed by atoms with Crippen molar-refractivity contribution in [2.75, 3.05) is 17.2 Å². The first-order valence-corrected chi connectivity index (χ1v) is 18.0. The maximum atomic E-state index is 13.6. The summed E-state index contributed by atoms with van der Waals surface area (Å²) in [7, 11) is 0. The number of carbonyl (C=O) groups is 2. The Labute approximate surface area is 310 Å². The number of alkyl halides is 1. The predicted molar refractivity (Wildman–Crippen MR) is 201 cm³/mol. The van der Waals surface area contributed by atoms with Crippen molar-refractivity contribution in [3.63, 3.8) is 0 Å². The first-order valence-electron chi connectivity index (χ1n) is 16.1. The summed E-state index contributed by atoms with van der Waals surface area (Å²) >= 11 is 31.3. The van der Waals surface area contributed by atoms with E-state index < -0.39 is 17.4 Å². The molecule has 0 aliphatic rings. The van der Waals surface area contributed by atoms with E-state index >= 15 is 0 Å². The van der Waals surface area contributed by atoms with Crippen LogP contribution < -0.4 is 26.2 Å². The highest BCUT2D eigenvalue weighted by molar-refractivity contribution is 6.40. The Morgan fingerprint density at radius 1 is 0.837 bits per heavy atom. The van der Waals surface area contributed by atoms with Crippen LogP contribution in [0.2, 0.25) is 20.1 Å². The summed E-state index contributed by atoms with van der Waals surface area (Å²) in [5, 5.41) is 12.0. The van der Waals surface area contributed by atoms with Crippen LogP contribution in [0.15, 0.2) is 65.5 Å². The SMILES string of the molecule is CCCCCCCCCCC(Cl)CNC(=O)c1cccc(Nc2[nH]n(-c3c(Cl)cc(Cl)cc3Cl)c(=O)c2OC(=O)Nc2ccc(Cl)cc2)c1. The van der Waals surface area contributed by atoms with E-state index in [1.54, 1.807) is 48.5 Å². The van der Waals surface area contributed by atoms with Crippen molar-refractivity contribution in [1.82, 2.24) is 15.1 Å². The molecule has 0 bridgehead atoms. The lowest BCUT2D eigenvalue weighted by atomic mass is 10.1. The number of halogens is 5. The van der Waals surface area contributed by atoms with Crippen LogP contribution >= 0.6 is 58.0 Å². The van der Waals surface area contributed by atoms with Gasteiger partial charge < -0.3 is 15.4 Å². The molecule has 14 heteroatoms. The Bertz CT molecular complexity index is 1750. The van der Waals surface area contributed by atoms with Gasteiger partial charge in [-0.2, -0.15) is 0 Å². The minimum atomic E-state index is -0.947. The molecule has 4 N–H and O–H groups in total. The molecule has 4 rings (SSSR count). The van der Waals surface area contributed by atoms with E-state index in [4.69, 9.17) is 62.7 Å². The van der Waals surface area contributed by atoms with Gasteiger partial charge in [-0.25, -0.2) is 9.48 Å². The van der Waals surface area contributed by atoms with Crippen LogP contribution in [0.3, 0.4) is 0 Å². The fraction of sp³-hybridized carbons (Fsp3) is 0.343. The van der Waals surface area contributed by atoms with E-state index in [0.717, 1.165) is 23.9 Å². The van der Waals surface area contributed by atoms with E-state index in [2.05, 4.69) is 28.0 Å². The maximum absolute atomic E-state index is 13.6. The van der Waals surface area contributed by atoms with Gasteiger partial charge in [0.1, 0.15) is 5.69 Å². The summed E-state index contributed by atoms with van der Waals surface area (Å²) in [4.78, 5) is 39.5. The Morgan fingerprint density at radius 3 is 2.16 bits per heavy atom. The van der Waals surface area contributed by atoms with Crippen LogP contribution in [-0.4, -0.2) is 33.7 Å². The summed E-state index contributed by atoms with van der Waals surface area (Å²) in [6.07, 6.45) is 9.59. The number of unbranched alkanes of at least 4 members (excludes halogenated alkanes) is 7. The molecule has 1 aromatic heterocycles. The highest BCUT2D eigenvalue weighted by atomic mass is 35.5. The summed E-state index contributed by atoms with van der Waals surface area (Å²) in [5.41, 5.74) is 0.468. The number of hydrogen-bond acceptors (Lipinski definition) is 5. The van der Waals surface area contributed by atoms with Gasteiger partial charge in [-0.1, -0.05) is 111 Å². The van der Waals surface area contributed by atoms with Crippen molar-refractivity contribution in [3.05, 3.63) is 96.7 Å². The van der Waals surface area contributed by atoms with Crippen molar-refractivity contribution in [1.29, 1.82) is 0 Å². The van der Waals surface area contributed by atoms with Gasteiger partial charge >= 0.3 is 11.7 Å². The monoisotopic (exact) mass is 767 g/mol. The number of hydrogen-bond donors (Lipinski definition) is 4. The molecule has 3 aromatic carbocycles. The topological polar surface area (TPSA) is 117 Å². The van der Waals surface area contributed by atoms with Gasteiger partial charge in [0.05, 0.1) is 15.4 Å². The van der Waals surface area contributed by atoms with E-state index in [1.807, 2.05) is 0 Å². The largest absolute Gasteiger partial charge is 0.417 e. The van der Waals surface area contributed by atoms with Crippen LogP contribution in [0.5, 0.6) is 5.75 Å². The number of amides is 2. The molecule has 1 unspecified atom stereocenters. The average Bonchev–Trinajstić information content (AvgIpc) is 3.35. The summed E-state index contributed by atoms with van der Waals surface area (Å²) < 4.78 is 6.51. The zero-order chi connectivity index (χ0) is 35.3. The van der Waals surface area contributed by atoms with Crippen LogP contribution in [0.25, 0.3) is 5.69 Å². The molecule has 9 nitrogen and oxygen atoms in total. The number of aromatic amines is 1. The van der Waals surface area contributed by atoms with Crippen molar-refractivity contribution in [2.45, 2.75) is 70.1 Å². The minimum absolute atomic E-state index is 0.0120. The van der Waals surface area contributed by atoms with Gasteiger partial charge in [-0.15, -0.1) is 11.6 Å². The maximum Gasteiger partial charge on any atom is 0.417 e. The highest BCUT2D eigenvalue weighted by Gasteiger charge is 2.24. The first kappa shape index (κ1) is 38.5. The zero-order valence-corrected chi connectivity index (χ0v) is 30.7. The Hall–Kier alpha value is -3.34. The van der Waals surface area contributed by atoms with Crippen LogP contribution in [0.1, 0.15) is 75.1 Å². The fourth-order valence-corrected chi connectivity index (χ4v) is 6.41. The van der Waals surface area contributed by atoms with Gasteiger partial charge in [0.2, 0.25) is 5.75 Å². The number of nitrogens with zero attached hydrogens (tertiary/aromatic N) is 1. The van der Waals surface area contributed by atoms with E-state index in [1.165, 1.54) is 50.7 Å². The van der Waals surface area contributed by atoms with Crippen LogP contribution in [-0.2, 0) is 0 Å². The molecule has 262 valence electrons. The zero-order valence-electron chi connectivity index (χ0n) is 26.9. The molecule has 0 saturated carbocycles. The normalized spacial score (nSPS) is 11.6. The Morgan fingerprint density at radius 2 is 1.49 bits per heavy atom. The Balaban J connectivity index is 1.46. The van der Waals surface area contributed by atoms with Crippen molar-refractivity contribution < 1.29 is 14.3 Å². The average molecular weight is 770 g/mol. The third-order valence-corrected chi connectivity index (χ3v) is 9.01. The van der Waals surface area contributed by atoms with Gasteiger partial charge in [-0.05, 0) is 61.0 Å². The molecule has 0 radical (unpaired) electrons. The number of H-pyrrole nitrogens is 1. The molecular weight excluding hydrogens is 732 g/mol. The molecule has 0 fully saturated rings. The first-order chi connectivity index (χ1) is 23.5. The van der Waals surface area contributed by atoms with Gasteiger partial charge in [0.15, 0.2) is 5.82 Å². The third kappa shape index (κ3) is 11.6. The predicted octanol–water partition coefficient (Wildman–Crippen LogP) is 11.0. The molecule has 49 heavy (non-hydrogen) atoms. The molecule has 0 spiro atoms. The molecule has 2 amide bonds. The molecule has 0 saturated heterocycles. The van der Waals surface area contributed by atoms with Crippen LogP contribution in [0, 0.1) is 0 Å². The fourth-order valence-electron chi connectivity index (χ4n) is 5.07. The second-order valence-electron chi connectivity index (χ2n) is 11.5. The number of benzene rings is 3. The number of aromatic nitrogens is 2. The van der Waals surface area contributed by atoms with Crippen molar-refractivity contribution in [2.24, 2.45) is 0 Å². The minimum Gasteiger partial charge on any atom is -0.400 e. The molecule has 1 atom stereocenters. The van der Waals surface area contributed by atoms with Crippen molar-refractivity contribution >= 4 is 87.2 Å². The van der Waals surface area contributed by atoms with Gasteiger partial charge in [-0.3, -0.25) is 20.0 Å². The number of carbonyl (C=O) groups excluding carboxylic acids is 2. The summed E-state index contributed by atoms with van der Waals surface area (Å²) in [6.45, 7) is 2.54. The van der Waals surface area contributed by atoms with E-state index in [9.17, 15) is 14.4 Å². The van der Waals surface area contributed by atoms with Gasteiger partial charge in [0.25, 0.3) is 5.91 Å². The molecule has 4 aromatic rings. The molecule has 0 aliphatic carbocycles. The number of anilines is 3. The summed E-state index contributed by atoms with van der Waals surface area (Å²) in [5.74, 6) is -0.716. The lowest BCUT2D eigenvalue weighted by Crippen LogP contribution is -2.29. The lowest BCUT2D eigenvalue weighted by Gasteiger charge is -2.12. The number of rotatable bonds is 17. The lowest BCUT2D eigenvalue weighted by molar-refractivity contribution is 0.0953. The van der Waals surface area contributed by atoms with Crippen LogP contribution in [0.4, 0.5) is 22.0 Å². The highest BCUT2D eigenvalue weighted by Crippen LogP contribution is 2.33. The Kier molecular flexibility index (Phi) is 15.0. The van der Waals surface area contributed by atoms with Gasteiger partial charge in [0, 0.05) is 33.5 Å². The number of nitrogens with one attached hydrogen (secondary N) is 4. The molecule has 1 heterocycles.